The molecule has 0 atom stereocenters. The molecule has 1 aliphatic rings. The molecule has 0 saturated carbocycles. The minimum atomic E-state index is 0.469. The number of hydrogen-bond acceptors (Lipinski definition) is 2. The van der Waals surface area contributed by atoms with E-state index < -0.39 is 0 Å². The maximum atomic E-state index is 3.46. The van der Waals surface area contributed by atoms with Crippen molar-refractivity contribution >= 4 is 0 Å². The molecule has 1 saturated heterocycles. The van der Waals surface area contributed by atoms with Gasteiger partial charge in [0.05, 0.1) is 0 Å². The van der Waals surface area contributed by atoms with Crippen LogP contribution >= 0.6 is 0 Å². The summed E-state index contributed by atoms with van der Waals surface area (Å²) in [5.74, 6) is 0. The zero-order chi connectivity index (χ0) is 11.1. The third kappa shape index (κ3) is 4.52. The number of unbranched alkanes of at least 4 members (excludes halogenated alkanes) is 1. The molecule has 1 N–H and O–H groups in total. The summed E-state index contributed by atoms with van der Waals surface area (Å²) >= 11 is 0. The van der Waals surface area contributed by atoms with Crippen molar-refractivity contribution in [3.05, 3.63) is 0 Å². The fourth-order valence-electron chi connectivity index (χ4n) is 2.43. The average Bonchev–Trinajstić information content (AvgIpc) is 2.52. The van der Waals surface area contributed by atoms with Gasteiger partial charge in [0.2, 0.25) is 0 Å². The van der Waals surface area contributed by atoms with Gasteiger partial charge < -0.3 is 5.32 Å². The van der Waals surface area contributed by atoms with Crippen LogP contribution in [0.2, 0.25) is 0 Å². The highest BCUT2D eigenvalue weighted by molar-refractivity contribution is 4.87. The molecule has 0 aromatic carbocycles. The SMILES string of the molecule is CCCNCCCCN1CCCC1(C)C. The zero-order valence-corrected chi connectivity index (χ0v) is 10.8. The minimum absolute atomic E-state index is 0.469. The zero-order valence-electron chi connectivity index (χ0n) is 10.8. The van der Waals surface area contributed by atoms with Gasteiger partial charge in [-0.2, -0.15) is 0 Å². The van der Waals surface area contributed by atoms with E-state index >= 15 is 0 Å². The molecule has 0 bridgehead atoms. The molecule has 1 fully saturated rings. The summed E-state index contributed by atoms with van der Waals surface area (Å²) in [5, 5.41) is 3.46. The van der Waals surface area contributed by atoms with Gasteiger partial charge in [0.25, 0.3) is 0 Å². The number of nitrogens with one attached hydrogen (secondary N) is 1. The van der Waals surface area contributed by atoms with Crippen LogP contribution in [0.1, 0.15) is 52.9 Å². The Balaban J connectivity index is 2.00. The number of likely N-dealkylation sites (tertiary alicyclic amines) is 1. The van der Waals surface area contributed by atoms with E-state index in [1.165, 1.54) is 58.3 Å². The van der Waals surface area contributed by atoms with Crippen LogP contribution in [-0.2, 0) is 0 Å². The Kier molecular flexibility index (Phi) is 5.62. The Morgan fingerprint density at radius 1 is 1.20 bits per heavy atom. The van der Waals surface area contributed by atoms with E-state index in [0.717, 1.165) is 0 Å². The van der Waals surface area contributed by atoms with Crippen molar-refractivity contribution in [2.45, 2.75) is 58.4 Å². The van der Waals surface area contributed by atoms with Gasteiger partial charge in [-0.25, -0.2) is 0 Å². The fraction of sp³-hybridized carbons (Fsp3) is 1.00. The predicted octanol–water partition coefficient (Wildman–Crippen LogP) is 2.64. The molecule has 0 aromatic rings. The van der Waals surface area contributed by atoms with Crippen LogP contribution in [0.15, 0.2) is 0 Å². The second kappa shape index (κ2) is 6.49. The van der Waals surface area contributed by atoms with Crippen molar-refractivity contribution in [1.82, 2.24) is 10.2 Å². The molecule has 2 nitrogen and oxygen atoms in total. The quantitative estimate of drug-likeness (QED) is 0.653. The lowest BCUT2D eigenvalue weighted by Crippen LogP contribution is -2.38. The van der Waals surface area contributed by atoms with E-state index in [2.05, 4.69) is 31.0 Å². The molecule has 1 aliphatic heterocycles. The molecule has 0 aromatic heterocycles. The van der Waals surface area contributed by atoms with Gasteiger partial charge >= 0.3 is 0 Å². The van der Waals surface area contributed by atoms with Gasteiger partial charge in [0.1, 0.15) is 0 Å². The van der Waals surface area contributed by atoms with E-state index in [9.17, 15) is 0 Å². The summed E-state index contributed by atoms with van der Waals surface area (Å²) in [5.41, 5.74) is 0.469. The van der Waals surface area contributed by atoms with Gasteiger partial charge in [0, 0.05) is 5.54 Å². The van der Waals surface area contributed by atoms with E-state index in [1.54, 1.807) is 0 Å². The van der Waals surface area contributed by atoms with E-state index in [1.807, 2.05) is 0 Å². The first-order valence-electron chi connectivity index (χ1n) is 6.62. The standard InChI is InChI=1S/C13H28N2/c1-4-9-14-10-5-6-11-15-12-7-8-13(15,2)3/h14H,4-12H2,1-3H3. The lowest BCUT2D eigenvalue weighted by atomic mass is 10.0. The molecular weight excluding hydrogens is 184 g/mol. The van der Waals surface area contributed by atoms with Crippen molar-refractivity contribution in [2.24, 2.45) is 0 Å². The highest BCUT2D eigenvalue weighted by Gasteiger charge is 2.30. The first-order chi connectivity index (χ1) is 7.17. The van der Waals surface area contributed by atoms with Crippen molar-refractivity contribution in [3.63, 3.8) is 0 Å². The van der Waals surface area contributed by atoms with E-state index in [4.69, 9.17) is 0 Å². The van der Waals surface area contributed by atoms with Crippen LogP contribution in [0, 0.1) is 0 Å². The summed E-state index contributed by atoms with van der Waals surface area (Å²) in [6, 6.07) is 0. The van der Waals surface area contributed by atoms with Crippen molar-refractivity contribution < 1.29 is 0 Å². The molecule has 1 heterocycles. The number of hydrogen-bond donors (Lipinski definition) is 1. The average molecular weight is 212 g/mol. The maximum Gasteiger partial charge on any atom is 0.0153 e. The van der Waals surface area contributed by atoms with Gasteiger partial charge in [-0.3, -0.25) is 4.90 Å². The molecule has 0 unspecified atom stereocenters. The molecule has 2 heteroatoms. The van der Waals surface area contributed by atoms with Gasteiger partial charge in [0.15, 0.2) is 0 Å². The lowest BCUT2D eigenvalue weighted by Gasteiger charge is -2.31. The Morgan fingerprint density at radius 3 is 2.60 bits per heavy atom. The van der Waals surface area contributed by atoms with Gasteiger partial charge in [-0.1, -0.05) is 6.92 Å². The lowest BCUT2D eigenvalue weighted by molar-refractivity contribution is 0.172. The van der Waals surface area contributed by atoms with Crippen molar-refractivity contribution in [2.75, 3.05) is 26.2 Å². The molecular formula is C13H28N2. The Labute approximate surface area is 95.4 Å². The van der Waals surface area contributed by atoms with E-state index in [-0.39, 0.29) is 0 Å². The predicted molar refractivity (Wildman–Crippen MR) is 67.3 cm³/mol. The molecule has 15 heavy (non-hydrogen) atoms. The third-order valence-electron chi connectivity index (χ3n) is 3.53. The van der Waals surface area contributed by atoms with Gasteiger partial charge in [-0.15, -0.1) is 0 Å². The second-order valence-electron chi connectivity index (χ2n) is 5.36. The van der Waals surface area contributed by atoms with Crippen LogP contribution < -0.4 is 5.32 Å². The first kappa shape index (κ1) is 13.0. The summed E-state index contributed by atoms with van der Waals surface area (Å²) in [7, 11) is 0. The van der Waals surface area contributed by atoms with Crippen molar-refractivity contribution in [1.29, 1.82) is 0 Å². The van der Waals surface area contributed by atoms with Crippen LogP contribution in [0.3, 0.4) is 0 Å². The molecule has 0 amide bonds. The van der Waals surface area contributed by atoms with Gasteiger partial charge in [-0.05, 0) is 72.1 Å². The molecule has 0 radical (unpaired) electrons. The van der Waals surface area contributed by atoms with Crippen LogP contribution in [0.4, 0.5) is 0 Å². The highest BCUT2D eigenvalue weighted by atomic mass is 15.2. The summed E-state index contributed by atoms with van der Waals surface area (Å²) < 4.78 is 0. The topological polar surface area (TPSA) is 15.3 Å². The highest BCUT2D eigenvalue weighted by Crippen LogP contribution is 2.27. The monoisotopic (exact) mass is 212 g/mol. The normalized spacial score (nSPS) is 21.0. The molecule has 0 aliphatic carbocycles. The first-order valence-corrected chi connectivity index (χ1v) is 6.62. The summed E-state index contributed by atoms with van der Waals surface area (Å²) in [4.78, 5) is 2.66. The Hall–Kier alpha value is -0.0800. The Morgan fingerprint density at radius 2 is 2.00 bits per heavy atom. The minimum Gasteiger partial charge on any atom is -0.317 e. The molecule has 1 rings (SSSR count). The smallest absolute Gasteiger partial charge is 0.0153 e. The Bertz CT molecular complexity index is 166. The van der Waals surface area contributed by atoms with Crippen LogP contribution in [-0.4, -0.2) is 36.6 Å². The fourth-order valence-corrected chi connectivity index (χ4v) is 2.43. The summed E-state index contributed by atoms with van der Waals surface area (Å²) in [6.45, 7) is 12.0. The molecule has 0 spiro atoms. The van der Waals surface area contributed by atoms with Crippen LogP contribution in [0.5, 0.6) is 0 Å². The van der Waals surface area contributed by atoms with Crippen molar-refractivity contribution in [3.8, 4) is 0 Å². The molecule has 90 valence electrons. The summed E-state index contributed by atoms with van der Waals surface area (Å²) in [6.07, 6.45) is 6.69. The van der Waals surface area contributed by atoms with Crippen LogP contribution in [0.25, 0.3) is 0 Å². The third-order valence-corrected chi connectivity index (χ3v) is 3.53. The van der Waals surface area contributed by atoms with E-state index in [0.29, 0.717) is 5.54 Å². The largest absolute Gasteiger partial charge is 0.317 e. The number of rotatable bonds is 7. The number of nitrogens with zero attached hydrogens (tertiary/aromatic N) is 1. The maximum absolute atomic E-state index is 3.46. The second-order valence-corrected chi connectivity index (χ2v) is 5.36.